The summed E-state index contributed by atoms with van der Waals surface area (Å²) in [6, 6.07) is 11.9. The highest BCUT2D eigenvalue weighted by molar-refractivity contribution is 6.10. The molecule has 1 fully saturated rings. The number of rotatable bonds is 6. The van der Waals surface area contributed by atoms with Crippen LogP contribution < -0.4 is 25.4 Å². The second-order valence-corrected chi connectivity index (χ2v) is 5.94. The monoisotopic (exact) mass is 355 g/mol. The van der Waals surface area contributed by atoms with Gasteiger partial charge in [0.2, 0.25) is 0 Å². The van der Waals surface area contributed by atoms with Gasteiger partial charge in [0.05, 0.1) is 25.5 Å². The lowest BCUT2D eigenvalue weighted by Gasteiger charge is -2.13. The molecule has 0 aliphatic heterocycles. The van der Waals surface area contributed by atoms with Crippen molar-refractivity contribution in [2.24, 2.45) is 0 Å². The van der Waals surface area contributed by atoms with Crippen LogP contribution >= 0.6 is 0 Å². The minimum atomic E-state index is -0.334. The predicted molar refractivity (Wildman–Crippen MR) is 99.1 cm³/mol. The van der Waals surface area contributed by atoms with Crippen molar-refractivity contribution in [3.8, 4) is 11.5 Å². The van der Waals surface area contributed by atoms with Crippen molar-refractivity contribution in [2.75, 3.05) is 24.9 Å². The number of nitrogens with one attached hydrogen (secondary N) is 3. The fourth-order valence-corrected chi connectivity index (χ4v) is 2.47. The molecule has 3 rings (SSSR count). The third kappa shape index (κ3) is 4.24. The summed E-state index contributed by atoms with van der Waals surface area (Å²) < 4.78 is 10.4. The molecule has 0 aromatic heterocycles. The first-order valence-corrected chi connectivity index (χ1v) is 8.30. The third-order valence-corrected chi connectivity index (χ3v) is 3.97. The molecule has 1 aliphatic carbocycles. The van der Waals surface area contributed by atoms with Gasteiger partial charge in [-0.15, -0.1) is 0 Å². The predicted octanol–water partition coefficient (Wildman–Crippen LogP) is 3.24. The molecule has 0 bridgehead atoms. The topological polar surface area (TPSA) is 88.7 Å². The maximum atomic E-state index is 12.7. The summed E-state index contributed by atoms with van der Waals surface area (Å²) in [5, 5.41) is 8.37. The molecule has 1 saturated carbocycles. The van der Waals surface area contributed by atoms with Gasteiger partial charge in [0.25, 0.3) is 5.91 Å². The Balaban J connectivity index is 1.74. The van der Waals surface area contributed by atoms with Gasteiger partial charge in [-0.05, 0) is 37.1 Å². The number of ether oxygens (including phenoxy) is 2. The molecular weight excluding hydrogens is 334 g/mol. The highest BCUT2D eigenvalue weighted by atomic mass is 16.5. The fourth-order valence-electron chi connectivity index (χ4n) is 2.47. The van der Waals surface area contributed by atoms with Crippen molar-refractivity contribution in [3.63, 3.8) is 0 Å². The van der Waals surface area contributed by atoms with Crippen molar-refractivity contribution in [2.45, 2.75) is 18.9 Å². The first-order valence-electron chi connectivity index (χ1n) is 8.30. The highest BCUT2D eigenvalue weighted by Gasteiger charge is 2.23. The second kappa shape index (κ2) is 7.77. The van der Waals surface area contributed by atoms with Gasteiger partial charge < -0.3 is 25.4 Å². The van der Waals surface area contributed by atoms with Crippen molar-refractivity contribution in [3.05, 3.63) is 48.0 Å². The Kier molecular flexibility index (Phi) is 5.26. The van der Waals surface area contributed by atoms with Gasteiger partial charge in [0.15, 0.2) is 11.5 Å². The fraction of sp³-hybridized carbons (Fsp3) is 0.263. The van der Waals surface area contributed by atoms with E-state index >= 15 is 0 Å². The summed E-state index contributed by atoms with van der Waals surface area (Å²) in [6.45, 7) is 0. The molecule has 2 aromatic carbocycles. The van der Waals surface area contributed by atoms with Crippen molar-refractivity contribution in [1.82, 2.24) is 5.32 Å². The summed E-state index contributed by atoms with van der Waals surface area (Å²) in [4.78, 5) is 24.6. The van der Waals surface area contributed by atoms with Gasteiger partial charge in [-0.2, -0.15) is 0 Å². The maximum Gasteiger partial charge on any atom is 0.319 e. The van der Waals surface area contributed by atoms with Crippen LogP contribution in [0.15, 0.2) is 42.5 Å². The average Bonchev–Trinajstić information content (AvgIpc) is 3.45. The molecule has 1 aliphatic rings. The van der Waals surface area contributed by atoms with Gasteiger partial charge in [0.1, 0.15) is 0 Å². The average molecular weight is 355 g/mol. The van der Waals surface area contributed by atoms with Crippen LogP contribution in [0, 0.1) is 0 Å². The number of benzene rings is 2. The van der Waals surface area contributed by atoms with Crippen LogP contribution in [-0.2, 0) is 0 Å². The minimum Gasteiger partial charge on any atom is -0.493 e. The Hall–Kier alpha value is -3.22. The van der Waals surface area contributed by atoms with Gasteiger partial charge in [-0.1, -0.05) is 12.1 Å². The summed E-state index contributed by atoms with van der Waals surface area (Å²) in [5.74, 6) is 0.754. The Morgan fingerprint density at radius 3 is 2.38 bits per heavy atom. The number of methoxy groups -OCH3 is 2. The molecular formula is C19H21N3O4. The van der Waals surface area contributed by atoms with Gasteiger partial charge in [-0.3, -0.25) is 4.79 Å². The molecule has 136 valence electrons. The lowest BCUT2D eigenvalue weighted by Crippen LogP contribution is -2.31. The van der Waals surface area contributed by atoms with Crippen LogP contribution in [0.2, 0.25) is 0 Å². The molecule has 0 atom stereocenters. The number of carbonyl (C=O) groups is 2. The van der Waals surface area contributed by atoms with Crippen molar-refractivity contribution >= 4 is 23.3 Å². The van der Waals surface area contributed by atoms with E-state index < -0.39 is 0 Å². The second-order valence-electron chi connectivity index (χ2n) is 5.94. The van der Waals surface area contributed by atoms with Crippen LogP contribution in [-0.4, -0.2) is 32.2 Å². The summed E-state index contributed by atoms with van der Waals surface area (Å²) in [6.07, 6.45) is 1.99. The zero-order valence-electron chi connectivity index (χ0n) is 14.7. The number of amides is 3. The molecule has 7 heteroatoms. The van der Waals surface area contributed by atoms with Gasteiger partial charge in [-0.25, -0.2) is 4.79 Å². The van der Waals surface area contributed by atoms with Crippen molar-refractivity contribution in [1.29, 1.82) is 0 Å². The van der Waals surface area contributed by atoms with Crippen LogP contribution in [0.25, 0.3) is 0 Å². The number of carbonyl (C=O) groups excluding carboxylic acids is 2. The Labute approximate surface area is 151 Å². The van der Waals surface area contributed by atoms with E-state index in [1.165, 1.54) is 7.11 Å². The summed E-state index contributed by atoms with van der Waals surface area (Å²) >= 11 is 0. The quantitative estimate of drug-likeness (QED) is 0.742. The van der Waals surface area contributed by atoms with Crippen LogP contribution in [0.4, 0.5) is 16.2 Å². The van der Waals surface area contributed by atoms with E-state index in [4.69, 9.17) is 9.47 Å². The zero-order valence-corrected chi connectivity index (χ0v) is 14.7. The smallest absolute Gasteiger partial charge is 0.319 e. The third-order valence-electron chi connectivity index (χ3n) is 3.97. The lowest BCUT2D eigenvalue weighted by molar-refractivity contribution is 0.102. The molecule has 0 radical (unpaired) electrons. The Morgan fingerprint density at radius 2 is 1.69 bits per heavy atom. The number of anilines is 2. The molecule has 26 heavy (non-hydrogen) atoms. The van der Waals surface area contributed by atoms with Gasteiger partial charge >= 0.3 is 6.03 Å². The Bertz CT molecular complexity index is 818. The van der Waals surface area contributed by atoms with Crippen LogP contribution in [0.1, 0.15) is 23.2 Å². The van der Waals surface area contributed by atoms with E-state index in [9.17, 15) is 9.59 Å². The zero-order chi connectivity index (χ0) is 18.5. The highest BCUT2D eigenvalue weighted by Crippen LogP contribution is 2.30. The van der Waals surface area contributed by atoms with Gasteiger partial charge in [0, 0.05) is 17.8 Å². The largest absolute Gasteiger partial charge is 0.493 e. The first-order chi connectivity index (χ1) is 12.6. The molecule has 3 N–H and O–H groups in total. The maximum absolute atomic E-state index is 12.7. The Morgan fingerprint density at radius 1 is 0.962 bits per heavy atom. The summed E-state index contributed by atoms with van der Waals surface area (Å²) in [5.41, 5.74) is 1.38. The number of urea groups is 1. The molecule has 0 heterocycles. The normalized spacial score (nSPS) is 12.8. The lowest BCUT2D eigenvalue weighted by atomic mass is 10.1. The SMILES string of the molecule is COc1ccc(NC(=O)c2ccccc2NC(=O)NC2CC2)cc1OC. The van der Waals surface area contributed by atoms with E-state index in [0.29, 0.717) is 28.4 Å². The molecule has 7 nitrogen and oxygen atoms in total. The molecule has 2 aromatic rings. The standard InChI is InChI=1S/C19H21N3O4/c1-25-16-10-9-13(11-17(16)26-2)20-18(23)14-5-3-4-6-15(14)22-19(24)21-12-7-8-12/h3-6,9-12H,7-8H2,1-2H3,(H,20,23)(H2,21,22,24). The van der Waals surface area contributed by atoms with E-state index in [1.807, 2.05) is 0 Å². The van der Waals surface area contributed by atoms with Crippen molar-refractivity contribution < 1.29 is 19.1 Å². The first kappa shape index (κ1) is 17.6. The number of hydrogen-bond donors (Lipinski definition) is 3. The minimum absolute atomic E-state index is 0.239. The van der Waals surface area contributed by atoms with E-state index in [0.717, 1.165) is 12.8 Å². The molecule has 0 saturated heterocycles. The molecule has 0 unspecified atom stereocenters. The van der Waals surface area contributed by atoms with E-state index in [-0.39, 0.29) is 18.0 Å². The summed E-state index contributed by atoms with van der Waals surface area (Å²) in [7, 11) is 3.08. The van der Waals surface area contributed by atoms with E-state index in [2.05, 4.69) is 16.0 Å². The van der Waals surface area contributed by atoms with Crippen LogP contribution in [0.5, 0.6) is 11.5 Å². The van der Waals surface area contributed by atoms with E-state index in [1.54, 1.807) is 49.6 Å². The number of para-hydroxylation sites is 1. The van der Waals surface area contributed by atoms with Crippen LogP contribution in [0.3, 0.4) is 0 Å². The molecule has 0 spiro atoms. The molecule has 3 amide bonds. The number of hydrogen-bond acceptors (Lipinski definition) is 4.